The number of phosphoric acid groups is 1. The molecule has 1 fully saturated rings. The summed E-state index contributed by atoms with van der Waals surface area (Å²) in [5.74, 6) is -2.11. The summed E-state index contributed by atoms with van der Waals surface area (Å²) < 4.78 is 20.5. The second-order valence-electron chi connectivity index (χ2n) is 4.66. The summed E-state index contributed by atoms with van der Waals surface area (Å²) in [6.45, 7) is 0. The van der Waals surface area contributed by atoms with Crippen LogP contribution in [0.1, 0.15) is 18.4 Å². The van der Waals surface area contributed by atoms with Crippen LogP contribution in [0.4, 0.5) is 0 Å². The Bertz CT molecular complexity index is 632. The van der Waals surface area contributed by atoms with Crippen LogP contribution in [0.25, 0.3) is 0 Å². The van der Waals surface area contributed by atoms with Crippen molar-refractivity contribution >= 4 is 19.8 Å². The highest BCUT2D eigenvalue weighted by Crippen LogP contribution is 2.49. The van der Waals surface area contributed by atoms with E-state index in [9.17, 15) is 19.0 Å². The molecular formula is C13H16NO8P. The molecule has 1 aliphatic rings. The van der Waals surface area contributed by atoms with Crippen LogP contribution in [-0.2, 0) is 38.4 Å². The molecule has 0 amide bonds. The van der Waals surface area contributed by atoms with Crippen LogP contribution >= 0.6 is 7.82 Å². The molecule has 1 heterocycles. The number of rotatable bonds is 4. The fourth-order valence-electron chi connectivity index (χ4n) is 2.39. The number of phosphoric ester groups is 1. The van der Waals surface area contributed by atoms with Crippen molar-refractivity contribution in [3.05, 3.63) is 35.9 Å². The van der Waals surface area contributed by atoms with Crippen molar-refractivity contribution in [2.24, 2.45) is 0 Å². The third-order valence-electron chi connectivity index (χ3n) is 3.34. The smallest absolute Gasteiger partial charge is 0.361 e. The van der Waals surface area contributed by atoms with Gasteiger partial charge in [0, 0.05) is 6.42 Å². The second-order valence-corrected chi connectivity index (χ2v) is 5.96. The number of hydroxylamine groups is 2. The van der Waals surface area contributed by atoms with Crippen molar-refractivity contribution in [3.8, 4) is 0 Å². The zero-order valence-corrected chi connectivity index (χ0v) is 13.4. The largest absolute Gasteiger partial charge is 0.589 e. The first-order valence-corrected chi connectivity index (χ1v) is 8.08. The van der Waals surface area contributed by atoms with Crippen LogP contribution in [0.3, 0.4) is 0 Å². The van der Waals surface area contributed by atoms with Gasteiger partial charge in [0.2, 0.25) is 0 Å². The second kappa shape index (κ2) is 6.77. The van der Waals surface area contributed by atoms with Crippen molar-refractivity contribution in [3.63, 3.8) is 0 Å². The molecule has 126 valence electrons. The molecule has 2 atom stereocenters. The van der Waals surface area contributed by atoms with Crippen LogP contribution in [0, 0.1) is 0 Å². The lowest BCUT2D eigenvalue weighted by Crippen LogP contribution is -2.52. The van der Waals surface area contributed by atoms with Crippen molar-refractivity contribution < 1.29 is 37.8 Å². The highest BCUT2D eigenvalue weighted by Gasteiger charge is 2.54. The highest BCUT2D eigenvalue weighted by molar-refractivity contribution is 7.48. The zero-order valence-electron chi connectivity index (χ0n) is 12.5. The number of hydrogen-bond acceptors (Lipinski definition) is 8. The van der Waals surface area contributed by atoms with Gasteiger partial charge in [0.15, 0.2) is 5.54 Å². The highest BCUT2D eigenvalue weighted by atomic mass is 31.2. The molecule has 0 saturated carbocycles. The average Bonchev–Trinajstić information content (AvgIpc) is 2.50. The van der Waals surface area contributed by atoms with Gasteiger partial charge in [0.25, 0.3) is 0 Å². The van der Waals surface area contributed by atoms with E-state index in [-0.39, 0.29) is 12.8 Å². The van der Waals surface area contributed by atoms with E-state index in [1.807, 2.05) is 0 Å². The summed E-state index contributed by atoms with van der Waals surface area (Å²) >= 11 is 0. The molecule has 0 radical (unpaired) electrons. The van der Waals surface area contributed by atoms with Gasteiger partial charge in [0.05, 0.1) is 14.2 Å². The van der Waals surface area contributed by atoms with E-state index in [2.05, 4.69) is 9.05 Å². The number of carbonyl (C=O) groups excluding carboxylic acids is 2. The Labute approximate surface area is 132 Å². The molecular weight excluding hydrogens is 329 g/mol. The monoisotopic (exact) mass is 345 g/mol. The Balaban J connectivity index is 2.60. The first kappa shape index (κ1) is 17.6. The third kappa shape index (κ3) is 3.44. The van der Waals surface area contributed by atoms with Crippen LogP contribution in [0.15, 0.2) is 30.3 Å². The Hall–Kier alpha value is -1.77. The van der Waals surface area contributed by atoms with E-state index < -0.39 is 25.3 Å². The molecule has 9 nitrogen and oxygen atoms in total. The van der Waals surface area contributed by atoms with E-state index in [0.29, 0.717) is 5.56 Å². The van der Waals surface area contributed by atoms with Gasteiger partial charge in [-0.15, -0.1) is 0 Å². The number of benzene rings is 1. The molecule has 23 heavy (non-hydrogen) atoms. The Morgan fingerprint density at radius 1 is 1.17 bits per heavy atom. The lowest BCUT2D eigenvalue weighted by molar-refractivity contribution is -0.390. The maximum absolute atomic E-state index is 12.6. The predicted octanol–water partition coefficient (Wildman–Crippen LogP) is 1.29. The zero-order chi connectivity index (χ0) is 17.1. The standard InChI is InChI=1S/C13H16NO8P/c1-19-14(20-2)13(10-6-4-3-5-7-10)9-8-11(15)21-23(17,18)22-12(13)16/h3-7H,8-9H2,1-2H3,(H,17,18)/t13-/m1/s1. The molecule has 1 aliphatic heterocycles. The van der Waals surface area contributed by atoms with Gasteiger partial charge in [-0.3, -0.25) is 19.4 Å². The molecule has 1 aromatic carbocycles. The van der Waals surface area contributed by atoms with Crippen LogP contribution in [-0.4, -0.2) is 36.3 Å². The minimum atomic E-state index is -4.87. The van der Waals surface area contributed by atoms with Gasteiger partial charge in [-0.1, -0.05) is 30.3 Å². The van der Waals surface area contributed by atoms with Crippen molar-refractivity contribution in [1.29, 1.82) is 0 Å². The Morgan fingerprint density at radius 2 is 1.78 bits per heavy atom. The van der Waals surface area contributed by atoms with E-state index >= 15 is 0 Å². The van der Waals surface area contributed by atoms with E-state index in [1.54, 1.807) is 30.3 Å². The van der Waals surface area contributed by atoms with Gasteiger partial charge in [-0.2, -0.15) is 0 Å². The summed E-state index contributed by atoms with van der Waals surface area (Å²) in [5, 5.41) is 0.823. The minimum absolute atomic E-state index is 0.143. The lowest BCUT2D eigenvalue weighted by Gasteiger charge is -2.39. The fraction of sp³-hybridized carbons (Fsp3) is 0.385. The van der Waals surface area contributed by atoms with E-state index in [1.165, 1.54) is 14.2 Å². The topological polar surface area (TPSA) is 112 Å². The lowest BCUT2D eigenvalue weighted by atomic mass is 9.86. The molecule has 0 aromatic heterocycles. The van der Waals surface area contributed by atoms with Crippen LogP contribution < -0.4 is 0 Å². The summed E-state index contributed by atoms with van der Waals surface area (Å²) in [6.07, 6.45) is -0.464. The molecule has 10 heteroatoms. The van der Waals surface area contributed by atoms with Crippen molar-refractivity contribution in [2.45, 2.75) is 18.4 Å². The van der Waals surface area contributed by atoms with Crippen molar-refractivity contribution in [2.75, 3.05) is 14.2 Å². The summed E-state index contributed by atoms with van der Waals surface area (Å²) in [6, 6.07) is 8.21. The molecule has 0 aliphatic carbocycles. The third-order valence-corrected chi connectivity index (χ3v) is 4.17. The van der Waals surface area contributed by atoms with E-state index in [0.717, 1.165) is 5.23 Å². The fourth-order valence-corrected chi connectivity index (χ4v) is 3.14. The normalized spacial score (nSPS) is 28.7. The van der Waals surface area contributed by atoms with Gasteiger partial charge in [0.1, 0.15) is 0 Å². The molecule has 1 aromatic rings. The molecule has 1 saturated heterocycles. The van der Waals surface area contributed by atoms with Crippen molar-refractivity contribution in [1.82, 2.24) is 5.23 Å². The molecule has 1 unspecified atom stereocenters. The van der Waals surface area contributed by atoms with Crippen LogP contribution in [0.2, 0.25) is 0 Å². The van der Waals surface area contributed by atoms with Gasteiger partial charge < -0.3 is 9.05 Å². The molecule has 0 bridgehead atoms. The first-order valence-electron chi connectivity index (χ1n) is 6.59. The maximum atomic E-state index is 12.6. The maximum Gasteiger partial charge on any atom is 0.589 e. The molecule has 1 N–H and O–H groups in total. The Morgan fingerprint density at radius 3 is 2.35 bits per heavy atom. The summed E-state index contributed by atoms with van der Waals surface area (Å²) in [4.78, 5) is 43.9. The average molecular weight is 345 g/mol. The number of hydrogen-bond donors (Lipinski definition) is 1. The van der Waals surface area contributed by atoms with Gasteiger partial charge >= 0.3 is 19.8 Å². The minimum Gasteiger partial charge on any atom is -0.361 e. The number of carbonyl (C=O) groups is 2. The Kier molecular flexibility index (Phi) is 5.18. The first-order chi connectivity index (χ1) is 10.9. The molecule has 0 spiro atoms. The quantitative estimate of drug-likeness (QED) is 0.637. The van der Waals surface area contributed by atoms with E-state index in [4.69, 9.17) is 9.68 Å². The SMILES string of the molecule is CON(OC)[C@@]1(c2ccccc2)CCC(=O)OP(=O)(O)OC1=O. The number of nitrogens with zero attached hydrogens (tertiary/aromatic N) is 1. The predicted molar refractivity (Wildman–Crippen MR) is 75.2 cm³/mol. The van der Waals surface area contributed by atoms with Gasteiger partial charge in [-0.05, 0) is 17.2 Å². The van der Waals surface area contributed by atoms with Crippen LogP contribution in [0.5, 0.6) is 0 Å². The summed E-state index contributed by atoms with van der Waals surface area (Å²) in [7, 11) is -2.37. The van der Waals surface area contributed by atoms with Gasteiger partial charge in [-0.25, -0.2) is 9.36 Å². The molecule has 2 rings (SSSR count). The summed E-state index contributed by atoms with van der Waals surface area (Å²) in [5.41, 5.74) is -1.38.